The van der Waals surface area contributed by atoms with Gasteiger partial charge in [0.15, 0.2) is 0 Å². The third kappa shape index (κ3) is 3.19. The number of rotatable bonds is 1. The third-order valence-corrected chi connectivity index (χ3v) is 2.39. The standard InChI is InChI=1S/C8H17N.HI/c1-7(9)8-5-3-2-4-6-8;/h7-8H,2-6,9H2,1H3;1H. The van der Waals surface area contributed by atoms with Crippen LogP contribution in [0.15, 0.2) is 0 Å². The second-order valence-electron chi connectivity index (χ2n) is 3.26. The van der Waals surface area contributed by atoms with E-state index in [-0.39, 0.29) is 24.0 Å². The Morgan fingerprint density at radius 2 is 1.70 bits per heavy atom. The molecule has 1 nitrogen and oxygen atoms in total. The molecule has 1 saturated carbocycles. The minimum absolute atomic E-state index is 0. The zero-order chi connectivity index (χ0) is 6.69. The van der Waals surface area contributed by atoms with Crippen molar-refractivity contribution in [3.63, 3.8) is 0 Å². The van der Waals surface area contributed by atoms with E-state index in [1.807, 2.05) is 0 Å². The Morgan fingerprint density at radius 3 is 2.00 bits per heavy atom. The molecule has 1 aliphatic carbocycles. The Bertz CT molecular complexity index is 77.3. The third-order valence-electron chi connectivity index (χ3n) is 2.39. The minimum atomic E-state index is 0. The Labute approximate surface area is 80.8 Å². The monoisotopic (exact) mass is 255 g/mol. The van der Waals surface area contributed by atoms with E-state index in [4.69, 9.17) is 5.73 Å². The van der Waals surface area contributed by atoms with E-state index in [2.05, 4.69) is 6.92 Å². The lowest BCUT2D eigenvalue weighted by molar-refractivity contribution is 0.316. The van der Waals surface area contributed by atoms with Gasteiger partial charge in [-0.05, 0) is 25.7 Å². The van der Waals surface area contributed by atoms with Crippen LogP contribution >= 0.6 is 24.0 Å². The van der Waals surface area contributed by atoms with E-state index in [1.54, 1.807) is 0 Å². The summed E-state index contributed by atoms with van der Waals surface area (Å²) < 4.78 is 0. The van der Waals surface area contributed by atoms with Gasteiger partial charge >= 0.3 is 0 Å². The molecule has 1 fully saturated rings. The first-order chi connectivity index (χ1) is 4.30. The number of hydrogen-bond donors (Lipinski definition) is 1. The average molecular weight is 255 g/mol. The van der Waals surface area contributed by atoms with Gasteiger partial charge in [0, 0.05) is 6.04 Å². The second kappa shape index (κ2) is 5.35. The molecule has 1 aliphatic rings. The maximum atomic E-state index is 5.77. The van der Waals surface area contributed by atoms with E-state index < -0.39 is 0 Å². The van der Waals surface area contributed by atoms with Crippen molar-refractivity contribution in [1.29, 1.82) is 0 Å². The summed E-state index contributed by atoms with van der Waals surface area (Å²) >= 11 is 0. The summed E-state index contributed by atoms with van der Waals surface area (Å²) in [5.74, 6) is 0.832. The Kier molecular flexibility index (Phi) is 5.72. The Morgan fingerprint density at radius 1 is 1.20 bits per heavy atom. The summed E-state index contributed by atoms with van der Waals surface area (Å²) in [5.41, 5.74) is 5.77. The summed E-state index contributed by atoms with van der Waals surface area (Å²) in [7, 11) is 0. The topological polar surface area (TPSA) is 26.0 Å². The molecule has 0 spiro atoms. The molecule has 62 valence electrons. The van der Waals surface area contributed by atoms with E-state index in [1.165, 1.54) is 32.1 Å². The van der Waals surface area contributed by atoms with Crippen LogP contribution in [0.25, 0.3) is 0 Å². The van der Waals surface area contributed by atoms with Crippen LogP contribution in [0.5, 0.6) is 0 Å². The largest absolute Gasteiger partial charge is 0.328 e. The van der Waals surface area contributed by atoms with Crippen LogP contribution < -0.4 is 5.73 Å². The maximum absolute atomic E-state index is 5.77. The molecule has 0 aromatic rings. The normalized spacial score (nSPS) is 23.4. The van der Waals surface area contributed by atoms with Crippen molar-refractivity contribution in [2.24, 2.45) is 11.7 Å². The van der Waals surface area contributed by atoms with Crippen molar-refractivity contribution in [3.05, 3.63) is 0 Å². The van der Waals surface area contributed by atoms with Gasteiger partial charge in [0.1, 0.15) is 0 Å². The Balaban J connectivity index is 0.000000810. The maximum Gasteiger partial charge on any atom is 0.00387 e. The first kappa shape index (κ1) is 10.7. The highest BCUT2D eigenvalue weighted by molar-refractivity contribution is 14.0. The molecule has 0 saturated heterocycles. The SMILES string of the molecule is CC(N)C1CCCCC1.I. The van der Waals surface area contributed by atoms with Crippen molar-refractivity contribution in [1.82, 2.24) is 0 Å². The molecule has 0 bridgehead atoms. The smallest absolute Gasteiger partial charge is 0.00387 e. The lowest BCUT2D eigenvalue weighted by Crippen LogP contribution is -2.27. The van der Waals surface area contributed by atoms with Crippen LogP contribution in [0, 0.1) is 5.92 Å². The molecular formula is C8H18IN. The van der Waals surface area contributed by atoms with Crippen LogP contribution in [0.1, 0.15) is 39.0 Å². The van der Waals surface area contributed by atoms with Crippen LogP contribution in [-0.4, -0.2) is 6.04 Å². The van der Waals surface area contributed by atoms with Gasteiger partial charge in [-0.2, -0.15) is 0 Å². The molecule has 1 atom stereocenters. The molecule has 0 amide bonds. The van der Waals surface area contributed by atoms with E-state index in [0.29, 0.717) is 6.04 Å². The number of halogens is 1. The first-order valence-electron chi connectivity index (χ1n) is 4.06. The van der Waals surface area contributed by atoms with Crippen LogP contribution in [0.2, 0.25) is 0 Å². The van der Waals surface area contributed by atoms with Crippen molar-refractivity contribution in [2.45, 2.75) is 45.1 Å². The molecule has 0 heterocycles. The highest BCUT2D eigenvalue weighted by atomic mass is 127. The average Bonchev–Trinajstić information content (AvgIpc) is 1.90. The summed E-state index contributed by atoms with van der Waals surface area (Å²) in [4.78, 5) is 0. The highest BCUT2D eigenvalue weighted by Crippen LogP contribution is 2.25. The van der Waals surface area contributed by atoms with Gasteiger partial charge in [-0.3, -0.25) is 0 Å². The van der Waals surface area contributed by atoms with E-state index in [9.17, 15) is 0 Å². The zero-order valence-corrected chi connectivity index (χ0v) is 9.01. The lowest BCUT2D eigenvalue weighted by Gasteiger charge is -2.24. The fourth-order valence-corrected chi connectivity index (χ4v) is 1.66. The number of nitrogens with two attached hydrogens (primary N) is 1. The second-order valence-corrected chi connectivity index (χ2v) is 3.26. The lowest BCUT2D eigenvalue weighted by atomic mass is 9.85. The predicted molar refractivity (Wildman–Crippen MR) is 55.6 cm³/mol. The molecule has 0 aromatic heterocycles. The fourth-order valence-electron chi connectivity index (χ4n) is 1.66. The number of hydrogen-bond acceptors (Lipinski definition) is 1. The summed E-state index contributed by atoms with van der Waals surface area (Å²) in [6, 6.07) is 0.435. The van der Waals surface area contributed by atoms with Gasteiger partial charge in [0.05, 0.1) is 0 Å². The highest BCUT2D eigenvalue weighted by Gasteiger charge is 2.16. The molecule has 2 heteroatoms. The van der Waals surface area contributed by atoms with Crippen LogP contribution in [-0.2, 0) is 0 Å². The zero-order valence-electron chi connectivity index (χ0n) is 6.68. The van der Waals surface area contributed by atoms with E-state index in [0.717, 1.165) is 5.92 Å². The van der Waals surface area contributed by atoms with Gasteiger partial charge in [-0.25, -0.2) is 0 Å². The minimum Gasteiger partial charge on any atom is -0.328 e. The van der Waals surface area contributed by atoms with Crippen molar-refractivity contribution in [2.75, 3.05) is 0 Å². The fraction of sp³-hybridized carbons (Fsp3) is 1.00. The molecule has 0 radical (unpaired) electrons. The molecule has 0 aliphatic heterocycles. The quantitative estimate of drug-likeness (QED) is 0.716. The molecule has 10 heavy (non-hydrogen) atoms. The van der Waals surface area contributed by atoms with Crippen LogP contribution in [0.3, 0.4) is 0 Å². The summed E-state index contributed by atoms with van der Waals surface area (Å²) in [6.07, 6.45) is 7.00. The van der Waals surface area contributed by atoms with Gasteiger partial charge in [-0.1, -0.05) is 19.3 Å². The van der Waals surface area contributed by atoms with Gasteiger partial charge in [0.25, 0.3) is 0 Å². The molecule has 2 N–H and O–H groups in total. The Hall–Kier alpha value is 0.690. The molecule has 1 unspecified atom stereocenters. The van der Waals surface area contributed by atoms with Gasteiger partial charge in [-0.15, -0.1) is 24.0 Å². The molecule has 0 aromatic carbocycles. The summed E-state index contributed by atoms with van der Waals surface area (Å²) in [6.45, 7) is 2.13. The van der Waals surface area contributed by atoms with Gasteiger partial charge in [0.2, 0.25) is 0 Å². The van der Waals surface area contributed by atoms with Crippen molar-refractivity contribution in [3.8, 4) is 0 Å². The predicted octanol–water partition coefficient (Wildman–Crippen LogP) is 2.53. The van der Waals surface area contributed by atoms with E-state index >= 15 is 0 Å². The van der Waals surface area contributed by atoms with Crippen molar-refractivity contribution >= 4 is 24.0 Å². The first-order valence-corrected chi connectivity index (χ1v) is 4.06. The summed E-state index contributed by atoms with van der Waals surface area (Å²) in [5, 5.41) is 0. The molecule has 1 rings (SSSR count). The van der Waals surface area contributed by atoms with Crippen LogP contribution in [0.4, 0.5) is 0 Å². The van der Waals surface area contributed by atoms with Crippen molar-refractivity contribution < 1.29 is 0 Å². The molecular weight excluding hydrogens is 237 g/mol. The van der Waals surface area contributed by atoms with Gasteiger partial charge < -0.3 is 5.73 Å².